The average Bonchev–Trinajstić information content (AvgIpc) is 3.10. The first-order chi connectivity index (χ1) is 15.0. The van der Waals surface area contributed by atoms with Gasteiger partial charge in [0.15, 0.2) is 11.5 Å². The Bertz CT molecular complexity index is 1200. The number of anilines is 1. The van der Waals surface area contributed by atoms with Crippen LogP contribution in [0.15, 0.2) is 77.4 Å². The number of ether oxygens (including phenoxy) is 2. The molecule has 4 rings (SSSR count). The van der Waals surface area contributed by atoms with Gasteiger partial charge in [-0.3, -0.25) is 9.69 Å². The SMILES string of the molecule is COc1ccc(/C=C2\N=C(c3ccc(Cl)cc3)N(c3ccccc3Cl)C2=O)cc1OC. The molecule has 3 aromatic carbocycles. The van der Waals surface area contributed by atoms with Crippen molar-refractivity contribution in [2.45, 2.75) is 0 Å². The molecule has 0 aliphatic carbocycles. The highest BCUT2D eigenvalue weighted by molar-refractivity contribution is 6.39. The Labute approximate surface area is 190 Å². The molecule has 0 unspecified atom stereocenters. The molecule has 156 valence electrons. The minimum atomic E-state index is -0.284. The second-order valence-corrected chi connectivity index (χ2v) is 7.52. The van der Waals surface area contributed by atoms with E-state index < -0.39 is 0 Å². The number of benzene rings is 3. The summed E-state index contributed by atoms with van der Waals surface area (Å²) in [7, 11) is 3.13. The smallest absolute Gasteiger partial charge is 0.282 e. The van der Waals surface area contributed by atoms with Gasteiger partial charge in [0.1, 0.15) is 11.5 Å². The zero-order chi connectivity index (χ0) is 22.0. The molecule has 5 nitrogen and oxygen atoms in total. The standard InChI is InChI=1S/C24H18Cl2N2O3/c1-30-21-12-7-15(14-22(21)31-2)13-19-24(29)28(20-6-4-3-5-18(20)26)23(27-19)16-8-10-17(25)11-9-16/h3-14H,1-2H3/b19-13-. The van der Waals surface area contributed by atoms with E-state index in [1.165, 1.54) is 4.90 Å². The van der Waals surface area contributed by atoms with Crippen molar-refractivity contribution in [2.24, 2.45) is 4.99 Å². The lowest BCUT2D eigenvalue weighted by Gasteiger charge is -2.19. The fourth-order valence-corrected chi connectivity index (χ4v) is 3.61. The van der Waals surface area contributed by atoms with Crippen LogP contribution in [0, 0.1) is 0 Å². The molecule has 1 amide bonds. The van der Waals surface area contributed by atoms with E-state index >= 15 is 0 Å². The summed E-state index contributed by atoms with van der Waals surface area (Å²) in [4.78, 5) is 19.5. The Morgan fingerprint density at radius 3 is 2.29 bits per heavy atom. The highest BCUT2D eigenvalue weighted by Gasteiger charge is 2.33. The molecule has 0 spiro atoms. The first kappa shape index (κ1) is 21.0. The van der Waals surface area contributed by atoms with Crippen LogP contribution >= 0.6 is 23.2 Å². The summed E-state index contributed by atoms with van der Waals surface area (Å²) < 4.78 is 10.6. The summed E-state index contributed by atoms with van der Waals surface area (Å²) in [6, 6.07) is 19.7. The Morgan fingerprint density at radius 1 is 0.903 bits per heavy atom. The number of halogens is 2. The zero-order valence-corrected chi connectivity index (χ0v) is 18.3. The third-order valence-corrected chi connectivity index (χ3v) is 5.34. The molecule has 0 radical (unpaired) electrons. The zero-order valence-electron chi connectivity index (χ0n) is 16.8. The van der Waals surface area contributed by atoms with E-state index in [0.717, 1.165) is 11.1 Å². The highest BCUT2D eigenvalue weighted by atomic mass is 35.5. The van der Waals surface area contributed by atoms with Gasteiger partial charge >= 0.3 is 0 Å². The molecule has 0 saturated heterocycles. The summed E-state index contributed by atoms with van der Waals surface area (Å²) in [6.07, 6.45) is 1.71. The summed E-state index contributed by atoms with van der Waals surface area (Å²) in [5, 5.41) is 1.05. The number of carbonyl (C=O) groups is 1. The maximum atomic E-state index is 13.4. The number of para-hydroxylation sites is 1. The number of aliphatic imine (C=N–C) groups is 1. The van der Waals surface area contributed by atoms with E-state index in [0.29, 0.717) is 33.1 Å². The minimum Gasteiger partial charge on any atom is -0.493 e. The van der Waals surface area contributed by atoms with Crippen molar-refractivity contribution < 1.29 is 14.3 Å². The molecule has 0 aromatic heterocycles. The van der Waals surface area contributed by atoms with Crippen molar-refractivity contribution in [3.8, 4) is 11.5 Å². The van der Waals surface area contributed by atoms with Gasteiger partial charge in [-0.25, -0.2) is 4.99 Å². The number of hydrogen-bond donors (Lipinski definition) is 0. The lowest BCUT2D eigenvalue weighted by molar-refractivity contribution is -0.113. The van der Waals surface area contributed by atoms with Crippen molar-refractivity contribution in [3.05, 3.63) is 93.6 Å². The van der Waals surface area contributed by atoms with E-state index in [1.54, 1.807) is 56.7 Å². The van der Waals surface area contributed by atoms with Crippen LogP contribution < -0.4 is 14.4 Å². The van der Waals surface area contributed by atoms with Gasteiger partial charge in [-0.2, -0.15) is 0 Å². The van der Waals surface area contributed by atoms with E-state index in [9.17, 15) is 4.79 Å². The van der Waals surface area contributed by atoms with Gasteiger partial charge in [0.25, 0.3) is 5.91 Å². The molecular formula is C24H18Cl2N2O3. The number of methoxy groups -OCH3 is 2. The van der Waals surface area contributed by atoms with Crippen LogP contribution in [0.4, 0.5) is 5.69 Å². The molecule has 0 saturated carbocycles. The second-order valence-electron chi connectivity index (χ2n) is 6.68. The van der Waals surface area contributed by atoms with Crippen molar-refractivity contribution in [1.82, 2.24) is 0 Å². The predicted octanol–water partition coefficient (Wildman–Crippen LogP) is 5.85. The van der Waals surface area contributed by atoms with Gasteiger partial charge in [-0.05, 0) is 60.2 Å². The fourth-order valence-electron chi connectivity index (χ4n) is 3.27. The third kappa shape index (κ3) is 4.15. The number of nitrogens with zero attached hydrogens (tertiary/aromatic N) is 2. The van der Waals surface area contributed by atoms with E-state index in [4.69, 9.17) is 32.7 Å². The van der Waals surface area contributed by atoms with Crippen molar-refractivity contribution in [2.75, 3.05) is 19.1 Å². The Hall–Kier alpha value is -3.28. The van der Waals surface area contributed by atoms with Gasteiger partial charge < -0.3 is 9.47 Å². The van der Waals surface area contributed by atoms with Crippen LogP contribution in [0.5, 0.6) is 11.5 Å². The number of rotatable bonds is 5. The third-order valence-electron chi connectivity index (χ3n) is 4.77. The van der Waals surface area contributed by atoms with Crippen LogP contribution in [-0.4, -0.2) is 26.0 Å². The molecule has 1 aliphatic rings. The molecule has 1 heterocycles. The van der Waals surface area contributed by atoms with Crippen LogP contribution in [-0.2, 0) is 4.79 Å². The summed E-state index contributed by atoms with van der Waals surface area (Å²) >= 11 is 12.4. The van der Waals surface area contributed by atoms with Gasteiger partial charge in [-0.1, -0.05) is 41.4 Å². The molecule has 0 fully saturated rings. The summed E-state index contributed by atoms with van der Waals surface area (Å²) in [5.41, 5.74) is 2.32. The predicted molar refractivity (Wildman–Crippen MR) is 124 cm³/mol. The lowest BCUT2D eigenvalue weighted by Crippen LogP contribution is -2.32. The normalized spacial score (nSPS) is 14.7. The van der Waals surface area contributed by atoms with Crippen molar-refractivity contribution >= 4 is 46.7 Å². The maximum Gasteiger partial charge on any atom is 0.282 e. The molecule has 1 aliphatic heterocycles. The number of amides is 1. The largest absolute Gasteiger partial charge is 0.493 e. The number of carbonyl (C=O) groups excluding carboxylic acids is 1. The Kier molecular flexibility index (Phi) is 5.98. The summed E-state index contributed by atoms with van der Waals surface area (Å²) in [6.45, 7) is 0. The molecule has 0 atom stereocenters. The van der Waals surface area contributed by atoms with Gasteiger partial charge in [0.2, 0.25) is 0 Å². The Balaban J connectivity index is 1.82. The first-order valence-corrected chi connectivity index (χ1v) is 10.1. The molecule has 0 bridgehead atoms. The van der Waals surface area contributed by atoms with Crippen LogP contribution in [0.2, 0.25) is 10.0 Å². The van der Waals surface area contributed by atoms with E-state index in [-0.39, 0.29) is 11.6 Å². The first-order valence-electron chi connectivity index (χ1n) is 9.39. The number of amidine groups is 1. The maximum absolute atomic E-state index is 13.4. The molecule has 31 heavy (non-hydrogen) atoms. The highest BCUT2D eigenvalue weighted by Crippen LogP contribution is 2.34. The quantitative estimate of drug-likeness (QED) is 0.456. The fraction of sp³-hybridized carbons (Fsp3) is 0.0833. The van der Waals surface area contributed by atoms with Gasteiger partial charge in [0, 0.05) is 10.6 Å². The topological polar surface area (TPSA) is 51.1 Å². The molecule has 3 aromatic rings. The van der Waals surface area contributed by atoms with Crippen LogP contribution in [0.3, 0.4) is 0 Å². The van der Waals surface area contributed by atoms with Crippen molar-refractivity contribution in [1.29, 1.82) is 0 Å². The van der Waals surface area contributed by atoms with Gasteiger partial charge in [-0.15, -0.1) is 0 Å². The second kappa shape index (κ2) is 8.84. The molecular weight excluding hydrogens is 435 g/mol. The Morgan fingerprint density at radius 2 is 1.61 bits per heavy atom. The van der Waals surface area contributed by atoms with Crippen molar-refractivity contribution in [3.63, 3.8) is 0 Å². The average molecular weight is 453 g/mol. The monoisotopic (exact) mass is 452 g/mol. The van der Waals surface area contributed by atoms with Gasteiger partial charge in [0.05, 0.1) is 24.9 Å². The van der Waals surface area contributed by atoms with Crippen LogP contribution in [0.1, 0.15) is 11.1 Å². The van der Waals surface area contributed by atoms with Crippen LogP contribution in [0.25, 0.3) is 6.08 Å². The minimum absolute atomic E-state index is 0.275. The van der Waals surface area contributed by atoms with E-state index in [2.05, 4.69) is 4.99 Å². The summed E-state index contributed by atoms with van der Waals surface area (Å²) in [5.74, 6) is 1.35. The molecule has 7 heteroatoms. The lowest BCUT2D eigenvalue weighted by atomic mass is 10.1. The molecule has 0 N–H and O–H groups in total. The number of hydrogen-bond acceptors (Lipinski definition) is 4. The van der Waals surface area contributed by atoms with E-state index in [1.807, 2.05) is 30.3 Å².